The van der Waals surface area contributed by atoms with Gasteiger partial charge in [-0.15, -0.1) is 0 Å². The minimum Gasteiger partial charge on any atom is -0.383 e. The highest BCUT2D eigenvalue weighted by molar-refractivity contribution is 5.73. The van der Waals surface area contributed by atoms with Gasteiger partial charge in [-0.25, -0.2) is 4.68 Å². The summed E-state index contributed by atoms with van der Waals surface area (Å²) in [4.78, 5) is 0. The van der Waals surface area contributed by atoms with Crippen LogP contribution in [-0.2, 0) is 0 Å². The minimum atomic E-state index is 0.294. The van der Waals surface area contributed by atoms with E-state index >= 15 is 0 Å². The fourth-order valence-electron chi connectivity index (χ4n) is 1.62. The van der Waals surface area contributed by atoms with Gasteiger partial charge < -0.3 is 5.73 Å². The van der Waals surface area contributed by atoms with E-state index in [9.17, 15) is 0 Å². The average Bonchev–Trinajstić information content (AvgIpc) is 2.61. The van der Waals surface area contributed by atoms with Crippen molar-refractivity contribution in [3.8, 4) is 11.1 Å². The maximum absolute atomic E-state index is 6.04. The fourth-order valence-corrected chi connectivity index (χ4v) is 1.62. The van der Waals surface area contributed by atoms with E-state index in [1.54, 1.807) is 0 Å². The molecule has 0 aliphatic rings. The van der Waals surface area contributed by atoms with E-state index in [4.69, 9.17) is 5.73 Å². The first-order chi connectivity index (χ1) is 7.20. The number of nitrogens with two attached hydrogens (primary N) is 1. The molecule has 0 amide bonds. The number of hydrogen-bond acceptors (Lipinski definition) is 2. The lowest BCUT2D eigenvalue weighted by Crippen LogP contribution is -2.06. The largest absolute Gasteiger partial charge is 0.383 e. The number of nitrogens with zero attached hydrogens (tertiary/aromatic N) is 2. The minimum absolute atomic E-state index is 0.294. The van der Waals surface area contributed by atoms with Crippen LogP contribution in [-0.4, -0.2) is 9.78 Å². The monoisotopic (exact) mass is 201 g/mol. The Labute approximate surface area is 89.5 Å². The topological polar surface area (TPSA) is 43.8 Å². The first-order valence-electron chi connectivity index (χ1n) is 5.08. The number of nitrogen functional groups attached to an aromatic ring is 1. The van der Waals surface area contributed by atoms with Crippen molar-refractivity contribution in [2.75, 3.05) is 5.73 Å². The average molecular weight is 201 g/mol. The van der Waals surface area contributed by atoms with Crippen LogP contribution in [0, 0.1) is 0 Å². The first kappa shape index (κ1) is 9.77. The summed E-state index contributed by atoms with van der Waals surface area (Å²) < 4.78 is 1.84. The molecule has 0 bridgehead atoms. The van der Waals surface area contributed by atoms with Gasteiger partial charge in [-0.3, -0.25) is 0 Å². The molecule has 0 fully saturated rings. The molecule has 2 rings (SSSR count). The number of benzene rings is 1. The van der Waals surface area contributed by atoms with Crippen LogP contribution in [0.4, 0.5) is 5.82 Å². The van der Waals surface area contributed by atoms with E-state index in [1.807, 2.05) is 41.2 Å². The fraction of sp³-hybridized carbons (Fsp3) is 0.250. The Bertz CT molecular complexity index is 443. The molecule has 0 aliphatic carbocycles. The predicted octanol–water partition coefficient (Wildman–Crippen LogP) is 2.71. The zero-order chi connectivity index (χ0) is 10.8. The zero-order valence-corrected chi connectivity index (χ0v) is 9.01. The Morgan fingerprint density at radius 1 is 1.20 bits per heavy atom. The lowest BCUT2D eigenvalue weighted by Gasteiger charge is -2.08. The van der Waals surface area contributed by atoms with Crippen LogP contribution in [0.5, 0.6) is 0 Å². The molecule has 0 atom stereocenters. The molecule has 15 heavy (non-hydrogen) atoms. The molecule has 3 nitrogen and oxygen atoms in total. The Balaban J connectivity index is 2.47. The Morgan fingerprint density at radius 3 is 2.40 bits per heavy atom. The van der Waals surface area contributed by atoms with Crippen LogP contribution in [0.3, 0.4) is 0 Å². The summed E-state index contributed by atoms with van der Waals surface area (Å²) in [5.41, 5.74) is 8.15. The quantitative estimate of drug-likeness (QED) is 0.811. The summed E-state index contributed by atoms with van der Waals surface area (Å²) in [5.74, 6) is 0.733. The molecule has 78 valence electrons. The molecular weight excluding hydrogens is 186 g/mol. The van der Waals surface area contributed by atoms with Crippen LogP contribution in [0.1, 0.15) is 19.9 Å². The number of rotatable bonds is 2. The van der Waals surface area contributed by atoms with Crippen molar-refractivity contribution in [2.24, 2.45) is 0 Å². The van der Waals surface area contributed by atoms with Gasteiger partial charge in [0.15, 0.2) is 0 Å². The Morgan fingerprint density at radius 2 is 1.87 bits per heavy atom. The van der Waals surface area contributed by atoms with Gasteiger partial charge in [0.05, 0.1) is 6.20 Å². The third-order valence-electron chi connectivity index (χ3n) is 2.41. The standard InChI is InChI=1S/C12H15N3/c1-9(2)15-12(13)11(8-14-15)10-6-4-3-5-7-10/h3-9H,13H2,1-2H3. The molecule has 1 aromatic heterocycles. The van der Waals surface area contributed by atoms with E-state index in [2.05, 4.69) is 18.9 Å². The predicted molar refractivity (Wildman–Crippen MR) is 62.5 cm³/mol. The SMILES string of the molecule is CC(C)n1ncc(-c2ccccc2)c1N. The lowest BCUT2D eigenvalue weighted by molar-refractivity contribution is 0.541. The van der Waals surface area contributed by atoms with Gasteiger partial charge in [-0.2, -0.15) is 5.10 Å². The maximum atomic E-state index is 6.04. The van der Waals surface area contributed by atoms with E-state index in [1.165, 1.54) is 0 Å². The lowest BCUT2D eigenvalue weighted by atomic mass is 10.1. The van der Waals surface area contributed by atoms with Gasteiger partial charge in [0.25, 0.3) is 0 Å². The van der Waals surface area contributed by atoms with Gasteiger partial charge in [-0.05, 0) is 19.4 Å². The van der Waals surface area contributed by atoms with E-state index in [0.717, 1.165) is 16.9 Å². The number of aromatic nitrogens is 2. The molecule has 1 aromatic carbocycles. The molecule has 2 aromatic rings. The summed E-state index contributed by atoms with van der Waals surface area (Å²) in [5, 5.41) is 4.28. The van der Waals surface area contributed by atoms with E-state index in [0.29, 0.717) is 6.04 Å². The van der Waals surface area contributed by atoms with Crippen molar-refractivity contribution in [3.05, 3.63) is 36.5 Å². The third-order valence-corrected chi connectivity index (χ3v) is 2.41. The highest BCUT2D eigenvalue weighted by atomic mass is 15.3. The highest BCUT2D eigenvalue weighted by Gasteiger charge is 2.10. The zero-order valence-electron chi connectivity index (χ0n) is 9.01. The van der Waals surface area contributed by atoms with Gasteiger partial charge in [0, 0.05) is 11.6 Å². The second-order valence-electron chi connectivity index (χ2n) is 3.85. The summed E-state index contributed by atoms with van der Waals surface area (Å²) in [6.07, 6.45) is 1.82. The van der Waals surface area contributed by atoms with E-state index in [-0.39, 0.29) is 0 Å². The Kier molecular flexibility index (Phi) is 2.46. The van der Waals surface area contributed by atoms with Crippen LogP contribution in [0.25, 0.3) is 11.1 Å². The summed E-state index contributed by atoms with van der Waals surface area (Å²) in [6.45, 7) is 4.14. The molecular formula is C12H15N3. The third kappa shape index (κ3) is 1.73. The summed E-state index contributed by atoms with van der Waals surface area (Å²) in [6, 6.07) is 10.4. The second-order valence-corrected chi connectivity index (χ2v) is 3.85. The molecule has 0 unspecified atom stereocenters. The van der Waals surface area contributed by atoms with Crippen molar-refractivity contribution < 1.29 is 0 Å². The van der Waals surface area contributed by atoms with Crippen LogP contribution >= 0.6 is 0 Å². The van der Waals surface area contributed by atoms with Crippen molar-refractivity contribution >= 4 is 5.82 Å². The smallest absolute Gasteiger partial charge is 0.129 e. The van der Waals surface area contributed by atoms with E-state index < -0.39 is 0 Å². The molecule has 3 heteroatoms. The first-order valence-corrected chi connectivity index (χ1v) is 5.08. The van der Waals surface area contributed by atoms with Crippen molar-refractivity contribution in [2.45, 2.75) is 19.9 Å². The van der Waals surface area contributed by atoms with Crippen molar-refractivity contribution in [3.63, 3.8) is 0 Å². The van der Waals surface area contributed by atoms with Gasteiger partial charge in [0.1, 0.15) is 5.82 Å². The van der Waals surface area contributed by atoms with Gasteiger partial charge >= 0.3 is 0 Å². The van der Waals surface area contributed by atoms with Gasteiger partial charge in [0.2, 0.25) is 0 Å². The molecule has 2 N–H and O–H groups in total. The number of hydrogen-bond donors (Lipinski definition) is 1. The molecule has 0 radical (unpaired) electrons. The van der Waals surface area contributed by atoms with Crippen LogP contribution < -0.4 is 5.73 Å². The molecule has 0 saturated carbocycles. The van der Waals surface area contributed by atoms with Crippen LogP contribution in [0.2, 0.25) is 0 Å². The summed E-state index contributed by atoms with van der Waals surface area (Å²) in [7, 11) is 0. The van der Waals surface area contributed by atoms with Crippen molar-refractivity contribution in [1.29, 1.82) is 0 Å². The number of anilines is 1. The molecule has 1 heterocycles. The highest BCUT2D eigenvalue weighted by Crippen LogP contribution is 2.26. The molecule has 0 spiro atoms. The molecule has 0 saturated heterocycles. The second kappa shape index (κ2) is 3.77. The van der Waals surface area contributed by atoms with Crippen molar-refractivity contribution in [1.82, 2.24) is 9.78 Å². The summed E-state index contributed by atoms with van der Waals surface area (Å²) >= 11 is 0. The normalized spacial score (nSPS) is 10.9. The Hall–Kier alpha value is -1.77. The molecule has 0 aliphatic heterocycles. The van der Waals surface area contributed by atoms with Crippen LogP contribution in [0.15, 0.2) is 36.5 Å². The van der Waals surface area contributed by atoms with Gasteiger partial charge in [-0.1, -0.05) is 30.3 Å². The maximum Gasteiger partial charge on any atom is 0.129 e.